The number of sulfonamides is 1. The minimum Gasteiger partial charge on any atom is -0.447 e. The number of alkyl carbamates (subject to hydrolysis) is 1. The lowest BCUT2D eigenvalue weighted by atomic mass is 9.86. The number of nitrogens with zero attached hydrogens (tertiary/aromatic N) is 3. The minimum atomic E-state index is -3.77. The number of carbonyl (C=O) groups excluding carboxylic acids is 1. The summed E-state index contributed by atoms with van der Waals surface area (Å²) in [6.45, 7) is 9.77. The molecule has 1 fully saturated rings. The summed E-state index contributed by atoms with van der Waals surface area (Å²) < 4.78 is 34.3. The molecule has 12 heteroatoms. The van der Waals surface area contributed by atoms with E-state index in [1.165, 1.54) is 11.3 Å². The van der Waals surface area contributed by atoms with Crippen LogP contribution in [0.1, 0.15) is 82.8 Å². The Labute approximate surface area is 240 Å². The van der Waals surface area contributed by atoms with Gasteiger partial charge in [0.25, 0.3) is 0 Å². The zero-order valence-corrected chi connectivity index (χ0v) is 25.2. The van der Waals surface area contributed by atoms with Crippen molar-refractivity contribution >= 4 is 39.0 Å². The fraction of sp³-hybridized carbons (Fsp3) is 0.500. The molecule has 4 rings (SSSR count). The van der Waals surface area contributed by atoms with Crippen LogP contribution in [-0.2, 0) is 14.8 Å². The molecule has 1 aromatic carbocycles. The quantitative estimate of drug-likeness (QED) is 0.266. The van der Waals surface area contributed by atoms with Gasteiger partial charge in [-0.05, 0) is 57.6 Å². The molecule has 0 spiro atoms. The normalized spacial score (nSPS) is 17.7. The maximum Gasteiger partial charge on any atom is 0.407 e. The highest BCUT2D eigenvalue weighted by Gasteiger charge is 2.27. The summed E-state index contributed by atoms with van der Waals surface area (Å²) in [7, 11) is -3.77. The third-order valence-corrected chi connectivity index (χ3v) is 9.43. The molecular weight excluding hydrogens is 548 g/mol. The predicted octanol–water partition coefficient (Wildman–Crippen LogP) is 5.93. The number of ether oxygens (including phenoxy) is 1. The average Bonchev–Trinajstić information content (AvgIpc) is 3.39. The van der Waals surface area contributed by atoms with Crippen LogP contribution < -0.4 is 15.4 Å². The topological polar surface area (TPSA) is 135 Å². The van der Waals surface area contributed by atoms with Crippen LogP contribution in [0, 0.1) is 0 Å². The van der Waals surface area contributed by atoms with Gasteiger partial charge in [-0.1, -0.05) is 26.8 Å². The van der Waals surface area contributed by atoms with E-state index in [0.29, 0.717) is 17.1 Å². The van der Waals surface area contributed by atoms with E-state index in [2.05, 4.69) is 30.3 Å². The van der Waals surface area contributed by atoms with Gasteiger partial charge >= 0.3 is 6.09 Å². The minimum absolute atomic E-state index is 0.0877. The van der Waals surface area contributed by atoms with E-state index in [1.807, 2.05) is 39.8 Å². The van der Waals surface area contributed by atoms with Crippen molar-refractivity contribution in [3.05, 3.63) is 47.5 Å². The SMILES string of the molecule is CCNS(=O)(=O)c1cc(Nc2cncc(C(C)C)n2)ccc1-c1cnc([C@H]2CC[C@H](NC(=O)OC(C)C)CC2)s1. The summed E-state index contributed by atoms with van der Waals surface area (Å²) in [5, 5.41) is 7.13. The van der Waals surface area contributed by atoms with Crippen molar-refractivity contribution in [1.29, 1.82) is 0 Å². The Hall–Kier alpha value is -3.09. The summed E-state index contributed by atoms with van der Waals surface area (Å²) in [4.78, 5) is 26.5. The molecule has 1 saturated carbocycles. The molecular formula is C28H38N6O4S2. The zero-order chi connectivity index (χ0) is 28.9. The molecule has 216 valence electrons. The number of hydrogen-bond donors (Lipinski definition) is 3. The molecule has 0 aliphatic heterocycles. The molecule has 2 heterocycles. The predicted molar refractivity (Wildman–Crippen MR) is 158 cm³/mol. The summed E-state index contributed by atoms with van der Waals surface area (Å²) in [6.07, 6.45) is 8.04. The van der Waals surface area contributed by atoms with Crippen LogP contribution >= 0.6 is 11.3 Å². The molecule has 1 aliphatic carbocycles. The van der Waals surface area contributed by atoms with Gasteiger partial charge in [-0.25, -0.2) is 27.9 Å². The van der Waals surface area contributed by atoms with Crippen LogP contribution in [0.25, 0.3) is 10.4 Å². The molecule has 2 aromatic heterocycles. The highest BCUT2D eigenvalue weighted by molar-refractivity contribution is 7.89. The Bertz CT molecular complexity index is 1420. The van der Waals surface area contributed by atoms with Gasteiger partial charge in [0, 0.05) is 42.1 Å². The second-order valence-electron chi connectivity index (χ2n) is 10.5. The molecule has 0 radical (unpaired) electrons. The van der Waals surface area contributed by atoms with Crippen LogP contribution in [0.5, 0.6) is 0 Å². The second kappa shape index (κ2) is 13.0. The molecule has 0 saturated heterocycles. The van der Waals surface area contributed by atoms with E-state index >= 15 is 0 Å². The van der Waals surface area contributed by atoms with Crippen molar-refractivity contribution in [3.63, 3.8) is 0 Å². The largest absolute Gasteiger partial charge is 0.447 e. The van der Waals surface area contributed by atoms with Gasteiger partial charge in [0.2, 0.25) is 10.0 Å². The van der Waals surface area contributed by atoms with Gasteiger partial charge in [0.15, 0.2) is 0 Å². The first-order valence-electron chi connectivity index (χ1n) is 13.7. The fourth-order valence-corrected chi connectivity index (χ4v) is 7.14. The second-order valence-corrected chi connectivity index (χ2v) is 13.3. The summed E-state index contributed by atoms with van der Waals surface area (Å²) in [6, 6.07) is 5.37. The molecule has 1 aliphatic rings. The van der Waals surface area contributed by atoms with Gasteiger partial charge in [-0.15, -0.1) is 11.3 Å². The Morgan fingerprint density at radius 3 is 2.52 bits per heavy atom. The molecule has 40 heavy (non-hydrogen) atoms. The molecule has 0 unspecified atom stereocenters. The first-order chi connectivity index (χ1) is 19.1. The first-order valence-corrected chi connectivity index (χ1v) is 16.0. The first kappa shape index (κ1) is 29.9. The Kier molecular flexibility index (Phi) is 9.75. The Morgan fingerprint density at radius 1 is 1.10 bits per heavy atom. The number of thiazole rings is 1. The van der Waals surface area contributed by atoms with Crippen molar-refractivity contribution in [3.8, 4) is 10.4 Å². The van der Waals surface area contributed by atoms with Gasteiger partial charge in [0.1, 0.15) is 5.82 Å². The van der Waals surface area contributed by atoms with Crippen LogP contribution in [0.15, 0.2) is 41.7 Å². The number of nitrogens with one attached hydrogen (secondary N) is 3. The summed E-state index contributed by atoms with van der Waals surface area (Å²) in [5.41, 5.74) is 2.05. The van der Waals surface area contributed by atoms with E-state index in [1.54, 1.807) is 31.6 Å². The van der Waals surface area contributed by atoms with Crippen molar-refractivity contribution in [2.45, 2.75) is 89.2 Å². The molecule has 0 bridgehead atoms. The van der Waals surface area contributed by atoms with Crippen molar-refractivity contribution < 1.29 is 17.9 Å². The van der Waals surface area contributed by atoms with Crippen molar-refractivity contribution in [2.24, 2.45) is 0 Å². The van der Waals surface area contributed by atoms with E-state index in [-0.39, 0.29) is 41.5 Å². The Balaban J connectivity index is 1.53. The van der Waals surface area contributed by atoms with Gasteiger partial charge in [-0.3, -0.25) is 4.98 Å². The monoisotopic (exact) mass is 586 g/mol. The van der Waals surface area contributed by atoms with Crippen LogP contribution in [0.2, 0.25) is 0 Å². The third-order valence-electron chi connectivity index (χ3n) is 6.65. The lowest BCUT2D eigenvalue weighted by molar-refractivity contribution is 0.109. The van der Waals surface area contributed by atoms with Crippen LogP contribution in [0.3, 0.4) is 0 Å². The number of benzene rings is 1. The summed E-state index contributed by atoms with van der Waals surface area (Å²) >= 11 is 1.52. The molecule has 0 atom stereocenters. The van der Waals surface area contributed by atoms with Crippen molar-refractivity contribution in [1.82, 2.24) is 25.0 Å². The van der Waals surface area contributed by atoms with Crippen molar-refractivity contribution in [2.75, 3.05) is 11.9 Å². The molecule has 10 nitrogen and oxygen atoms in total. The molecule has 1 amide bonds. The zero-order valence-electron chi connectivity index (χ0n) is 23.6. The highest BCUT2D eigenvalue weighted by Crippen LogP contribution is 2.40. The lowest BCUT2D eigenvalue weighted by Crippen LogP contribution is -2.38. The Morgan fingerprint density at radius 2 is 1.85 bits per heavy atom. The van der Waals surface area contributed by atoms with Crippen LogP contribution in [-0.4, -0.2) is 48.2 Å². The smallest absolute Gasteiger partial charge is 0.407 e. The van der Waals surface area contributed by atoms with Gasteiger partial charge in [-0.2, -0.15) is 0 Å². The average molecular weight is 587 g/mol. The maximum atomic E-state index is 13.2. The van der Waals surface area contributed by atoms with Gasteiger partial charge < -0.3 is 15.4 Å². The summed E-state index contributed by atoms with van der Waals surface area (Å²) in [5.74, 6) is 1.03. The number of rotatable bonds is 10. The van der Waals surface area contributed by atoms with Gasteiger partial charge in [0.05, 0.1) is 32.8 Å². The standard InChI is InChI=1S/C28H38N6O4S2/c1-6-31-40(36,37)25-13-21(32-26-16-29-14-23(34-26)17(2)3)11-12-22(25)24-15-30-27(39-24)19-7-9-20(10-8-19)33-28(35)38-18(4)5/h11-20,31H,6-10H2,1-5H3,(H,32,34)(H,33,35)/t19-,20-. The van der Waals surface area contributed by atoms with E-state index in [0.717, 1.165) is 41.3 Å². The number of aromatic nitrogens is 3. The number of amides is 1. The lowest BCUT2D eigenvalue weighted by Gasteiger charge is -2.28. The molecule has 3 aromatic rings. The fourth-order valence-electron chi connectivity index (χ4n) is 4.66. The van der Waals surface area contributed by atoms with E-state index in [4.69, 9.17) is 4.74 Å². The van der Waals surface area contributed by atoms with E-state index in [9.17, 15) is 13.2 Å². The maximum absolute atomic E-state index is 13.2. The highest BCUT2D eigenvalue weighted by atomic mass is 32.2. The van der Waals surface area contributed by atoms with E-state index < -0.39 is 10.0 Å². The number of anilines is 2. The number of hydrogen-bond acceptors (Lipinski definition) is 9. The van der Waals surface area contributed by atoms with Crippen LogP contribution in [0.4, 0.5) is 16.3 Å². The molecule has 3 N–H and O–H groups in total. The number of carbonyl (C=O) groups is 1. The third kappa shape index (κ3) is 7.55.